The third-order valence-corrected chi connectivity index (χ3v) is 2.53. The SMILES string of the molecule is CC(C)CC(CO)NC(=O)c1c(O)cccc1F. The van der Waals surface area contributed by atoms with Crippen LogP contribution in [-0.4, -0.2) is 28.8 Å². The highest BCUT2D eigenvalue weighted by molar-refractivity contribution is 5.97. The zero-order valence-corrected chi connectivity index (χ0v) is 10.5. The number of amides is 1. The molecular weight excluding hydrogens is 237 g/mol. The van der Waals surface area contributed by atoms with E-state index in [9.17, 15) is 14.3 Å². The molecule has 0 aliphatic carbocycles. The van der Waals surface area contributed by atoms with Gasteiger partial charge in [0.05, 0.1) is 12.6 Å². The van der Waals surface area contributed by atoms with Crippen molar-refractivity contribution in [3.63, 3.8) is 0 Å². The minimum atomic E-state index is -0.784. The minimum absolute atomic E-state index is 0.223. The number of hydrogen-bond donors (Lipinski definition) is 3. The van der Waals surface area contributed by atoms with Gasteiger partial charge in [-0.25, -0.2) is 4.39 Å². The fourth-order valence-electron chi connectivity index (χ4n) is 1.74. The van der Waals surface area contributed by atoms with Crippen molar-refractivity contribution in [2.24, 2.45) is 5.92 Å². The number of aliphatic hydroxyl groups excluding tert-OH is 1. The zero-order valence-electron chi connectivity index (χ0n) is 10.5. The monoisotopic (exact) mass is 255 g/mol. The van der Waals surface area contributed by atoms with Crippen molar-refractivity contribution in [2.45, 2.75) is 26.3 Å². The first-order valence-electron chi connectivity index (χ1n) is 5.85. The van der Waals surface area contributed by atoms with Crippen molar-refractivity contribution in [2.75, 3.05) is 6.61 Å². The van der Waals surface area contributed by atoms with Gasteiger partial charge in [0.2, 0.25) is 0 Å². The van der Waals surface area contributed by atoms with Crippen LogP contribution in [0.3, 0.4) is 0 Å². The molecule has 0 spiro atoms. The minimum Gasteiger partial charge on any atom is -0.507 e. The van der Waals surface area contributed by atoms with E-state index in [1.54, 1.807) is 0 Å². The van der Waals surface area contributed by atoms with Gasteiger partial charge in [-0.1, -0.05) is 19.9 Å². The van der Waals surface area contributed by atoms with Crippen molar-refractivity contribution in [3.05, 3.63) is 29.6 Å². The molecule has 4 nitrogen and oxygen atoms in total. The Morgan fingerprint density at radius 1 is 1.44 bits per heavy atom. The number of nitrogens with one attached hydrogen (secondary N) is 1. The summed E-state index contributed by atoms with van der Waals surface area (Å²) in [5.74, 6) is -1.62. The van der Waals surface area contributed by atoms with Crippen LogP contribution in [0.25, 0.3) is 0 Å². The van der Waals surface area contributed by atoms with Crippen LogP contribution in [0.2, 0.25) is 0 Å². The van der Waals surface area contributed by atoms with Crippen LogP contribution in [0.5, 0.6) is 5.75 Å². The van der Waals surface area contributed by atoms with Gasteiger partial charge in [0.25, 0.3) is 5.91 Å². The van der Waals surface area contributed by atoms with Crippen molar-refractivity contribution >= 4 is 5.91 Å². The van der Waals surface area contributed by atoms with E-state index in [1.807, 2.05) is 13.8 Å². The van der Waals surface area contributed by atoms with Crippen LogP contribution >= 0.6 is 0 Å². The Balaban J connectivity index is 2.81. The van der Waals surface area contributed by atoms with Gasteiger partial charge < -0.3 is 15.5 Å². The Morgan fingerprint density at radius 2 is 2.11 bits per heavy atom. The number of carbonyl (C=O) groups excluding carboxylic acids is 1. The second-order valence-electron chi connectivity index (χ2n) is 4.62. The molecule has 1 unspecified atom stereocenters. The van der Waals surface area contributed by atoms with Gasteiger partial charge in [-0.3, -0.25) is 4.79 Å². The topological polar surface area (TPSA) is 69.6 Å². The molecule has 5 heteroatoms. The van der Waals surface area contributed by atoms with Gasteiger partial charge in [0.1, 0.15) is 17.1 Å². The Hall–Kier alpha value is -1.62. The molecule has 0 fully saturated rings. The van der Waals surface area contributed by atoms with E-state index in [2.05, 4.69) is 5.32 Å². The van der Waals surface area contributed by atoms with Crippen LogP contribution in [0.4, 0.5) is 4.39 Å². The molecule has 100 valence electrons. The summed E-state index contributed by atoms with van der Waals surface area (Å²) in [5.41, 5.74) is -0.389. The molecule has 1 aromatic carbocycles. The quantitative estimate of drug-likeness (QED) is 0.749. The summed E-state index contributed by atoms with van der Waals surface area (Å²) in [6, 6.07) is 3.22. The molecule has 0 radical (unpaired) electrons. The van der Waals surface area contributed by atoms with Crippen LogP contribution in [0.1, 0.15) is 30.6 Å². The lowest BCUT2D eigenvalue weighted by Crippen LogP contribution is -2.38. The van der Waals surface area contributed by atoms with E-state index in [0.717, 1.165) is 6.07 Å². The number of phenolic OH excluding ortho intramolecular Hbond substituents is 1. The maximum Gasteiger partial charge on any atom is 0.258 e. The highest BCUT2D eigenvalue weighted by atomic mass is 19.1. The largest absolute Gasteiger partial charge is 0.507 e. The average Bonchev–Trinajstić information content (AvgIpc) is 2.27. The standard InChI is InChI=1S/C13H18FNO3/c1-8(2)6-9(7-16)15-13(18)12-10(14)4-3-5-11(12)17/h3-5,8-9,16-17H,6-7H2,1-2H3,(H,15,18). The molecule has 1 aromatic rings. The van der Waals surface area contributed by atoms with Crippen molar-refractivity contribution in [1.29, 1.82) is 0 Å². The molecular formula is C13H18FNO3. The summed E-state index contributed by atoms with van der Waals surface area (Å²) < 4.78 is 13.4. The molecule has 0 aliphatic heterocycles. The molecule has 3 N–H and O–H groups in total. The van der Waals surface area contributed by atoms with Gasteiger partial charge in [-0.15, -0.1) is 0 Å². The molecule has 0 saturated carbocycles. The normalized spacial score (nSPS) is 12.5. The number of phenols is 1. The van der Waals surface area contributed by atoms with Crippen molar-refractivity contribution in [1.82, 2.24) is 5.32 Å². The molecule has 18 heavy (non-hydrogen) atoms. The lowest BCUT2D eigenvalue weighted by molar-refractivity contribution is 0.0901. The molecule has 1 atom stereocenters. The molecule has 0 bridgehead atoms. The molecule has 0 saturated heterocycles. The maximum atomic E-state index is 13.4. The third-order valence-electron chi connectivity index (χ3n) is 2.53. The maximum absolute atomic E-state index is 13.4. The number of aromatic hydroxyl groups is 1. The van der Waals surface area contributed by atoms with E-state index in [-0.39, 0.29) is 18.1 Å². The molecule has 0 aliphatic rings. The highest BCUT2D eigenvalue weighted by Crippen LogP contribution is 2.19. The molecule has 1 amide bonds. The second-order valence-corrected chi connectivity index (χ2v) is 4.62. The summed E-state index contributed by atoms with van der Waals surface area (Å²) in [6.45, 7) is 3.68. The van der Waals surface area contributed by atoms with E-state index in [4.69, 9.17) is 5.11 Å². The first kappa shape index (κ1) is 14.4. The van der Waals surface area contributed by atoms with Crippen LogP contribution in [0.15, 0.2) is 18.2 Å². The Kier molecular flexibility index (Phi) is 5.09. The lowest BCUT2D eigenvalue weighted by atomic mass is 10.0. The number of aliphatic hydroxyl groups is 1. The average molecular weight is 255 g/mol. The van der Waals surface area contributed by atoms with Gasteiger partial charge in [0.15, 0.2) is 0 Å². The summed E-state index contributed by atoms with van der Waals surface area (Å²) in [5, 5.41) is 21.1. The molecule has 1 rings (SSSR count). The van der Waals surface area contributed by atoms with Crippen LogP contribution in [-0.2, 0) is 0 Å². The summed E-state index contributed by atoms with van der Waals surface area (Å²) in [4.78, 5) is 11.8. The third kappa shape index (κ3) is 3.70. The highest BCUT2D eigenvalue weighted by Gasteiger charge is 2.20. The summed E-state index contributed by atoms with van der Waals surface area (Å²) in [7, 11) is 0. The van der Waals surface area contributed by atoms with E-state index in [1.165, 1.54) is 12.1 Å². The second kappa shape index (κ2) is 6.35. The Labute approximate surface area is 105 Å². The predicted molar refractivity (Wildman–Crippen MR) is 65.9 cm³/mol. The van der Waals surface area contributed by atoms with Crippen molar-refractivity contribution in [3.8, 4) is 5.75 Å². The first-order chi connectivity index (χ1) is 8.45. The Morgan fingerprint density at radius 3 is 2.61 bits per heavy atom. The fourth-order valence-corrected chi connectivity index (χ4v) is 1.74. The number of benzene rings is 1. The first-order valence-corrected chi connectivity index (χ1v) is 5.85. The zero-order chi connectivity index (χ0) is 13.7. The Bertz CT molecular complexity index is 400. The van der Waals surface area contributed by atoms with Gasteiger partial charge in [0, 0.05) is 0 Å². The lowest BCUT2D eigenvalue weighted by Gasteiger charge is -2.18. The van der Waals surface area contributed by atoms with E-state index < -0.39 is 23.5 Å². The van der Waals surface area contributed by atoms with Crippen molar-refractivity contribution < 1.29 is 19.4 Å². The van der Waals surface area contributed by atoms with Gasteiger partial charge >= 0.3 is 0 Å². The number of halogens is 1. The van der Waals surface area contributed by atoms with E-state index in [0.29, 0.717) is 6.42 Å². The molecule has 0 aromatic heterocycles. The fraction of sp³-hybridized carbons (Fsp3) is 0.462. The van der Waals surface area contributed by atoms with E-state index >= 15 is 0 Å². The van der Waals surface area contributed by atoms with Crippen LogP contribution < -0.4 is 5.32 Å². The number of hydrogen-bond acceptors (Lipinski definition) is 3. The smallest absolute Gasteiger partial charge is 0.258 e. The number of carbonyl (C=O) groups is 1. The van der Waals surface area contributed by atoms with Gasteiger partial charge in [-0.2, -0.15) is 0 Å². The van der Waals surface area contributed by atoms with Crippen LogP contribution in [0, 0.1) is 11.7 Å². The van der Waals surface area contributed by atoms with Gasteiger partial charge in [-0.05, 0) is 24.5 Å². The predicted octanol–water partition coefficient (Wildman–Crippen LogP) is 1.67. The number of rotatable bonds is 5. The summed E-state index contributed by atoms with van der Waals surface area (Å²) in [6.07, 6.45) is 0.581. The summed E-state index contributed by atoms with van der Waals surface area (Å²) >= 11 is 0. The molecule has 0 heterocycles.